The minimum Gasteiger partial charge on any atom is -0.100 e. The van der Waals surface area contributed by atoms with Crippen LogP contribution in [0.2, 0.25) is 0 Å². The van der Waals surface area contributed by atoms with Crippen LogP contribution in [0.4, 0.5) is 0 Å². The first-order chi connectivity index (χ1) is 5.93. The molecule has 1 aromatic rings. The van der Waals surface area contributed by atoms with Gasteiger partial charge in [-0.3, -0.25) is 0 Å². The van der Waals surface area contributed by atoms with Gasteiger partial charge in [-0.1, -0.05) is 30.3 Å². The van der Waals surface area contributed by atoms with Crippen LogP contribution in [-0.4, -0.2) is 6.16 Å². The van der Waals surface area contributed by atoms with Gasteiger partial charge in [-0.25, -0.2) is 0 Å². The van der Waals surface area contributed by atoms with Gasteiger partial charge in [0.05, 0.1) is 0 Å². The smallest absolute Gasteiger partial charge is 0.0214 e. The lowest BCUT2D eigenvalue weighted by atomic mass is 10.1. The fourth-order valence-corrected chi connectivity index (χ4v) is 1.95. The molecule has 0 spiro atoms. The highest BCUT2D eigenvalue weighted by molar-refractivity contribution is 7.68. The number of halogens is 1. The van der Waals surface area contributed by atoms with Gasteiger partial charge in [0.2, 0.25) is 0 Å². The lowest BCUT2D eigenvalue weighted by Crippen LogP contribution is -1.85. The van der Waals surface area contributed by atoms with E-state index in [9.17, 15) is 0 Å². The highest BCUT2D eigenvalue weighted by atomic mass is 35.7. The average Bonchev–Trinajstić information content (AvgIpc) is 2.14. The van der Waals surface area contributed by atoms with Crippen LogP contribution in [0.5, 0.6) is 0 Å². The zero-order valence-electron chi connectivity index (χ0n) is 7.09. The molecule has 0 heterocycles. The summed E-state index contributed by atoms with van der Waals surface area (Å²) in [5.41, 5.74) is 1.44. The Bertz CT molecular complexity index is 198. The Kier molecular flexibility index (Phi) is 5.39. The first-order valence-electron chi connectivity index (χ1n) is 4.31. The van der Waals surface area contributed by atoms with Crippen LogP contribution in [-0.2, 0) is 6.42 Å². The van der Waals surface area contributed by atoms with E-state index in [2.05, 4.69) is 30.3 Å². The Morgan fingerprint density at radius 2 is 1.83 bits per heavy atom. The summed E-state index contributed by atoms with van der Waals surface area (Å²) in [6.45, 7) is 0. The Hall–Kier alpha value is -0.0600. The molecule has 1 unspecified atom stereocenters. The molecule has 0 amide bonds. The average molecular weight is 201 g/mol. The molecular formula is C10H14ClP. The Balaban J connectivity index is 2.16. The summed E-state index contributed by atoms with van der Waals surface area (Å²) in [5, 5.41) is 0. The lowest BCUT2D eigenvalue weighted by Gasteiger charge is -1.99. The number of aryl methyl sites for hydroxylation is 1. The Morgan fingerprint density at radius 1 is 1.08 bits per heavy atom. The summed E-state index contributed by atoms with van der Waals surface area (Å²) >= 11 is 5.61. The van der Waals surface area contributed by atoms with Crippen molar-refractivity contribution in [3.63, 3.8) is 0 Å². The van der Waals surface area contributed by atoms with Crippen molar-refractivity contribution in [2.45, 2.75) is 19.3 Å². The van der Waals surface area contributed by atoms with E-state index in [-0.39, 0.29) is 0 Å². The summed E-state index contributed by atoms with van der Waals surface area (Å²) < 4.78 is 0. The minimum atomic E-state index is 0.598. The molecule has 0 N–H and O–H groups in total. The molecule has 66 valence electrons. The van der Waals surface area contributed by atoms with Crippen molar-refractivity contribution in [2.75, 3.05) is 6.16 Å². The quantitative estimate of drug-likeness (QED) is 0.501. The van der Waals surface area contributed by atoms with Crippen LogP contribution in [0.3, 0.4) is 0 Å². The molecule has 0 aliphatic carbocycles. The van der Waals surface area contributed by atoms with E-state index in [1.165, 1.54) is 31.0 Å². The minimum absolute atomic E-state index is 0.598. The molecule has 1 rings (SSSR count). The number of hydrogen-bond donors (Lipinski definition) is 0. The molecule has 0 fully saturated rings. The van der Waals surface area contributed by atoms with Gasteiger partial charge in [0.1, 0.15) is 0 Å². The third-order valence-corrected chi connectivity index (χ3v) is 2.94. The maximum Gasteiger partial charge on any atom is -0.0214 e. The predicted octanol–water partition coefficient (Wildman–Crippen LogP) is 3.84. The zero-order valence-corrected chi connectivity index (χ0v) is 8.85. The van der Waals surface area contributed by atoms with Gasteiger partial charge in [-0.05, 0) is 38.9 Å². The Labute approximate surface area is 80.9 Å². The van der Waals surface area contributed by atoms with E-state index >= 15 is 0 Å². The van der Waals surface area contributed by atoms with E-state index in [0.29, 0.717) is 7.93 Å². The van der Waals surface area contributed by atoms with Crippen LogP contribution >= 0.6 is 19.2 Å². The highest BCUT2D eigenvalue weighted by Crippen LogP contribution is 2.18. The van der Waals surface area contributed by atoms with Gasteiger partial charge in [0, 0.05) is 0 Å². The van der Waals surface area contributed by atoms with Crippen molar-refractivity contribution in [1.29, 1.82) is 0 Å². The third-order valence-electron chi connectivity index (χ3n) is 1.83. The zero-order chi connectivity index (χ0) is 8.65. The van der Waals surface area contributed by atoms with E-state index in [4.69, 9.17) is 11.2 Å². The fourth-order valence-electron chi connectivity index (χ4n) is 1.17. The van der Waals surface area contributed by atoms with Crippen molar-refractivity contribution in [2.24, 2.45) is 0 Å². The van der Waals surface area contributed by atoms with Crippen LogP contribution in [0.25, 0.3) is 0 Å². The third kappa shape index (κ3) is 4.09. The largest absolute Gasteiger partial charge is 0.100 e. The molecular weight excluding hydrogens is 187 g/mol. The van der Waals surface area contributed by atoms with E-state index in [1.807, 2.05) is 0 Å². The van der Waals surface area contributed by atoms with Crippen molar-refractivity contribution in [3.05, 3.63) is 35.9 Å². The normalized spacial score (nSPS) is 11.1. The first-order valence-corrected chi connectivity index (χ1v) is 6.53. The number of unbranched alkanes of at least 4 members (excludes halogenated alkanes) is 1. The summed E-state index contributed by atoms with van der Waals surface area (Å²) in [6.07, 6.45) is 4.90. The molecule has 2 heteroatoms. The van der Waals surface area contributed by atoms with Crippen molar-refractivity contribution in [1.82, 2.24) is 0 Å². The van der Waals surface area contributed by atoms with Crippen LogP contribution in [0.15, 0.2) is 30.3 Å². The maximum atomic E-state index is 5.61. The molecule has 12 heavy (non-hydrogen) atoms. The standard InChI is InChI=1S/C10H14ClP/c11-12-9-5-4-8-10-6-2-1-3-7-10/h1-3,6-7,12H,4-5,8-9H2. The number of hydrogen-bond acceptors (Lipinski definition) is 0. The van der Waals surface area contributed by atoms with E-state index in [1.54, 1.807) is 0 Å². The van der Waals surface area contributed by atoms with Gasteiger partial charge < -0.3 is 0 Å². The number of rotatable bonds is 5. The monoisotopic (exact) mass is 200 g/mol. The lowest BCUT2D eigenvalue weighted by molar-refractivity contribution is 0.802. The molecule has 1 aromatic carbocycles. The number of benzene rings is 1. The van der Waals surface area contributed by atoms with E-state index in [0.717, 1.165) is 0 Å². The van der Waals surface area contributed by atoms with Crippen LogP contribution < -0.4 is 0 Å². The molecule has 0 aliphatic rings. The summed E-state index contributed by atoms with van der Waals surface area (Å²) in [5.74, 6) is 0. The van der Waals surface area contributed by atoms with Crippen LogP contribution in [0, 0.1) is 0 Å². The Morgan fingerprint density at radius 3 is 2.50 bits per heavy atom. The van der Waals surface area contributed by atoms with Gasteiger partial charge in [-0.2, -0.15) is 0 Å². The second kappa shape index (κ2) is 6.46. The fraction of sp³-hybridized carbons (Fsp3) is 0.400. The molecule has 0 saturated heterocycles. The summed E-state index contributed by atoms with van der Waals surface area (Å²) in [4.78, 5) is 0. The highest BCUT2D eigenvalue weighted by Gasteiger charge is 1.91. The SMILES string of the molecule is ClPCCCCc1ccccc1. The van der Waals surface area contributed by atoms with E-state index < -0.39 is 0 Å². The predicted molar refractivity (Wildman–Crippen MR) is 58.4 cm³/mol. The molecule has 0 saturated carbocycles. The van der Waals surface area contributed by atoms with Crippen molar-refractivity contribution >= 4 is 19.2 Å². The van der Waals surface area contributed by atoms with Crippen LogP contribution in [0.1, 0.15) is 18.4 Å². The van der Waals surface area contributed by atoms with Crippen molar-refractivity contribution in [3.8, 4) is 0 Å². The topological polar surface area (TPSA) is 0 Å². The summed E-state index contributed by atoms with van der Waals surface area (Å²) in [7, 11) is 0.598. The summed E-state index contributed by atoms with van der Waals surface area (Å²) in [6, 6.07) is 10.6. The van der Waals surface area contributed by atoms with Gasteiger partial charge in [-0.15, -0.1) is 11.2 Å². The molecule has 0 radical (unpaired) electrons. The second-order valence-electron chi connectivity index (χ2n) is 2.83. The maximum absolute atomic E-state index is 5.61. The van der Waals surface area contributed by atoms with Gasteiger partial charge in [0.15, 0.2) is 0 Å². The second-order valence-corrected chi connectivity index (χ2v) is 4.40. The molecule has 0 nitrogen and oxygen atoms in total. The molecule has 1 atom stereocenters. The van der Waals surface area contributed by atoms with Gasteiger partial charge >= 0.3 is 0 Å². The van der Waals surface area contributed by atoms with Crippen molar-refractivity contribution < 1.29 is 0 Å². The first kappa shape index (κ1) is 10.0. The molecule has 0 aromatic heterocycles. The molecule has 0 aliphatic heterocycles. The van der Waals surface area contributed by atoms with Gasteiger partial charge in [0.25, 0.3) is 0 Å². The molecule has 0 bridgehead atoms.